The van der Waals surface area contributed by atoms with E-state index in [1.807, 2.05) is 18.2 Å². The van der Waals surface area contributed by atoms with Crippen molar-refractivity contribution in [2.24, 2.45) is 0 Å². The fraction of sp³-hybridized carbons (Fsp3) is 0.167. The van der Waals surface area contributed by atoms with Gasteiger partial charge in [0.1, 0.15) is 12.4 Å². The Morgan fingerprint density at radius 2 is 1.96 bits per heavy atom. The molecule has 2 aromatic carbocycles. The Hall–Kier alpha value is -2.31. The van der Waals surface area contributed by atoms with Crippen molar-refractivity contribution in [1.82, 2.24) is 0 Å². The van der Waals surface area contributed by atoms with Gasteiger partial charge in [0, 0.05) is 16.2 Å². The largest absolute Gasteiger partial charge is 0.489 e. The highest BCUT2D eigenvalue weighted by Crippen LogP contribution is 2.30. The zero-order chi connectivity index (χ0) is 18.0. The van der Waals surface area contributed by atoms with Gasteiger partial charge in [-0.25, -0.2) is 13.2 Å². The van der Waals surface area contributed by atoms with Gasteiger partial charge in [0.25, 0.3) is 0 Å². The molecule has 0 amide bonds. The number of carboxylic acid groups (broad SMARTS) is 1. The lowest BCUT2D eigenvalue weighted by atomic mass is 10.1. The number of sulfone groups is 1. The minimum atomic E-state index is -3.53. The normalized spacial score (nSPS) is 15.6. The van der Waals surface area contributed by atoms with E-state index < -0.39 is 15.8 Å². The van der Waals surface area contributed by atoms with Gasteiger partial charge >= 0.3 is 5.97 Å². The van der Waals surface area contributed by atoms with Crippen molar-refractivity contribution < 1.29 is 23.1 Å². The Bertz CT molecular complexity index is 963. The number of carbonyl (C=O) groups is 1. The van der Waals surface area contributed by atoms with Crippen LogP contribution in [-0.4, -0.2) is 25.2 Å². The highest BCUT2D eigenvalue weighted by Gasteiger charge is 2.24. The lowest BCUT2D eigenvalue weighted by Gasteiger charge is -2.10. The Morgan fingerprint density at radius 1 is 1.20 bits per heavy atom. The second-order valence-electron chi connectivity index (χ2n) is 5.62. The molecule has 25 heavy (non-hydrogen) atoms. The van der Waals surface area contributed by atoms with Crippen LogP contribution < -0.4 is 4.74 Å². The summed E-state index contributed by atoms with van der Waals surface area (Å²) in [7, 11) is -3.53. The van der Waals surface area contributed by atoms with Crippen molar-refractivity contribution in [2.45, 2.75) is 17.9 Å². The van der Waals surface area contributed by atoms with Crippen LogP contribution in [0, 0.1) is 0 Å². The summed E-state index contributed by atoms with van der Waals surface area (Å²) in [5.74, 6) is -0.903. The van der Waals surface area contributed by atoms with Crippen molar-refractivity contribution in [3.8, 4) is 5.75 Å². The van der Waals surface area contributed by atoms with E-state index in [1.54, 1.807) is 12.1 Å². The van der Waals surface area contributed by atoms with Crippen LogP contribution in [0.2, 0.25) is 5.02 Å². The van der Waals surface area contributed by atoms with Crippen molar-refractivity contribution in [3.63, 3.8) is 0 Å². The standard InChI is InChI=1S/C18H15ClO5S/c19-16-4-2-1-3-13(16)11-24-15-5-6-17-14(10-15)9-12(18(20)21)7-8-25(17,22)23/h1-6,9-10H,7-8,11H2,(H,20,21). The maximum absolute atomic E-state index is 12.3. The summed E-state index contributed by atoms with van der Waals surface area (Å²) in [6.07, 6.45) is 1.37. The number of hydrogen-bond donors (Lipinski definition) is 1. The van der Waals surface area contributed by atoms with Gasteiger partial charge in [-0.2, -0.15) is 0 Å². The maximum atomic E-state index is 12.3. The molecule has 0 atom stereocenters. The third-order valence-corrected chi connectivity index (χ3v) is 6.07. The first kappa shape index (κ1) is 17.5. The SMILES string of the molecule is O=C(O)C1=Cc2cc(OCc3ccccc3Cl)ccc2S(=O)(=O)CC1. The van der Waals surface area contributed by atoms with Crippen LogP contribution in [-0.2, 0) is 21.2 Å². The molecule has 3 rings (SSSR count). The number of benzene rings is 2. The third-order valence-electron chi connectivity index (χ3n) is 3.91. The average molecular weight is 379 g/mol. The minimum Gasteiger partial charge on any atom is -0.489 e. The van der Waals surface area contributed by atoms with E-state index in [0.717, 1.165) is 5.56 Å². The van der Waals surface area contributed by atoms with Gasteiger partial charge in [0.2, 0.25) is 0 Å². The zero-order valence-corrected chi connectivity index (χ0v) is 14.7. The molecule has 0 saturated heterocycles. The number of carboxylic acids is 1. The Morgan fingerprint density at radius 3 is 2.68 bits per heavy atom. The molecule has 0 unspecified atom stereocenters. The average Bonchev–Trinajstić information content (AvgIpc) is 2.70. The number of ether oxygens (including phenoxy) is 1. The van der Waals surface area contributed by atoms with Crippen molar-refractivity contribution in [1.29, 1.82) is 0 Å². The Kier molecular flexibility index (Phi) is 4.83. The predicted octanol–water partition coefficient (Wildman–Crippen LogP) is 3.56. The quantitative estimate of drug-likeness (QED) is 0.879. The topological polar surface area (TPSA) is 80.7 Å². The summed E-state index contributed by atoms with van der Waals surface area (Å²) in [6.45, 7) is 0.223. The summed E-state index contributed by atoms with van der Waals surface area (Å²) in [5.41, 5.74) is 1.19. The molecule has 5 nitrogen and oxygen atoms in total. The number of fused-ring (bicyclic) bond motifs is 1. The number of aliphatic carboxylic acids is 1. The molecule has 7 heteroatoms. The highest BCUT2D eigenvalue weighted by molar-refractivity contribution is 7.91. The molecule has 2 aromatic rings. The van der Waals surface area contributed by atoms with Gasteiger partial charge in [-0.1, -0.05) is 29.8 Å². The van der Waals surface area contributed by atoms with Gasteiger partial charge in [0.15, 0.2) is 9.84 Å². The van der Waals surface area contributed by atoms with E-state index in [2.05, 4.69) is 0 Å². The monoisotopic (exact) mass is 378 g/mol. The van der Waals surface area contributed by atoms with Gasteiger partial charge in [-0.15, -0.1) is 0 Å². The van der Waals surface area contributed by atoms with Crippen LogP contribution in [0.4, 0.5) is 0 Å². The smallest absolute Gasteiger partial charge is 0.331 e. The Labute approximate surface area is 150 Å². The fourth-order valence-electron chi connectivity index (χ4n) is 2.57. The summed E-state index contributed by atoms with van der Waals surface area (Å²) < 4.78 is 30.3. The molecule has 1 aliphatic rings. The molecule has 0 spiro atoms. The summed E-state index contributed by atoms with van der Waals surface area (Å²) in [5, 5.41) is 9.78. The molecule has 0 aromatic heterocycles. The first-order valence-corrected chi connectivity index (χ1v) is 9.57. The van der Waals surface area contributed by atoms with E-state index >= 15 is 0 Å². The first-order chi connectivity index (χ1) is 11.9. The van der Waals surface area contributed by atoms with Gasteiger partial charge < -0.3 is 9.84 Å². The molecule has 1 heterocycles. The summed E-state index contributed by atoms with van der Waals surface area (Å²) in [4.78, 5) is 11.4. The highest BCUT2D eigenvalue weighted by atomic mass is 35.5. The minimum absolute atomic E-state index is 0.0256. The molecule has 0 saturated carbocycles. The number of halogens is 1. The molecule has 0 bridgehead atoms. The van der Waals surface area contributed by atoms with Gasteiger partial charge in [-0.05, 0) is 42.3 Å². The first-order valence-electron chi connectivity index (χ1n) is 7.54. The molecule has 1 N–H and O–H groups in total. The van der Waals surface area contributed by atoms with Gasteiger partial charge in [0.05, 0.1) is 10.6 Å². The van der Waals surface area contributed by atoms with E-state index in [0.29, 0.717) is 16.3 Å². The third kappa shape index (κ3) is 3.86. The van der Waals surface area contributed by atoms with Crippen LogP contribution >= 0.6 is 11.6 Å². The van der Waals surface area contributed by atoms with E-state index in [4.69, 9.17) is 16.3 Å². The predicted molar refractivity (Wildman–Crippen MR) is 94.5 cm³/mol. The van der Waals surface area contributed by atoms with Gasteiger partial charge in [-0.3, -0.25) is 0 Å². The van der Waals surface area contributed by atoms with Crippen LogP contribution in [0.3, 0.4) is 0 Å². The van der Waals surface area contributed by atoms with Crippen molar-refractivity contribution >= 4 is 33.5 Å². The second-order valence-corrected chi connectivity index (χ2v) is 8.11. The Balaban J connectivity index is 1.93. The van der Waals surface area contributed by atoms with Crippen LogP contribution in [0.5, 0.6) is 5.75 Å². The summed E-state index contributed by atoms with van der Waals surface area (Å²) in [6, 6.07) is 11.8. The fourth-order valence-corrected chi connectivity index (χ4v) is 4.22. The molecular formula is C18H15ClO5S. The molecule has 0 radical (unpaired) electrons. The molecule has 0 fully saturated rings. The van der Waals surface area contributed by atoms with Crippen LogP contribution in [0.15, 0.2) is 52.9 Å². The lowest BCUT2D eigenvalue weighted by Crippen LogP contribution is -2.08. The van der Waals surface area contributed by atoms with Crippen molar-refractivity contribution in [2.75, 3.05) is 5.75 Å². The molecule has 1 aliphatic heterocycles. The van der Waals surface area contributed by atoms with E-state index in [1.165, 1.54) is 18.2 Å². The zero-order valence-electron chi connectivity index (χ0n) is 13.1. The molecule has 0 aliphatic carbocycles. The summed E-state index contributed by atoms with van der Waals surface area (Å²) >= 11 is 6.08. The van der Waals surface area contributed by atoms with E-state index in [9.17, 15) is 18.3 Å². The van der Waals surface area contributed by atoms with E-state index in [-0.39, 0.29) is 29.2 Å². The number of hydrogen-bond acceptors (Lipinski definition) is 4. The molecular weight excluding hydrogens is 364 g/mol. The van der Waals surface area contributed by atoms with Crippen LogP contribution in [0.1, 0.15) is 17.5 Å². The second kappa shape index (κ2) is 6.90. The maximum Gasteiger partial charge on any atom is 0.331 e. The van der Waals surface area contributed by atoms with Crippen LogP contribution in [0.25, 0.3) is 6.08 Å². The lowest BCUT2D eigenvalue weighted by molar-refractivity contribution is -0.132. The number of rotatable bonds is 4. The molecule has 130 valence electrons. The van der Waals surface area contributed by atoms with Crippen molar-refractivity contribution in [3.05, 3.63) is 64.2 Å².